The Balaban J connectivity index is 2.42. The highest BCUT2D eigenvalue weighted by Crippen LogP contribution is 2.17. The van der Waals surface area contributed by atoms with Crippen molar-refractivity contribution in [1.82, 2.24) is 15.8 Å². The zero-order valence-corrected chi connectivity index (χ0v) is 10.9. The minimum atomic E-state index is -0.0269. The number of hydrazine groups is 1. The van der Waals surface area contributed by atoms with Gasteiger partial charge in [0.25, 0.3) is 0 Å². The van der Waals surface area contributed by atoms with Crippen LogP contribution in [0.2, 0.25) is 0 Å². The van der Waals surface area contributed by atoms with E-state index in [9.17, 15) is 0 Å². The van der Waals surface area contributed by atoms with E-state index < -0.39 is 0 Å². The molecule has 15 heavy (non-hydrogen) atoms. The molecule has 1 fully saturated rings. The molecule has 1 atom stereocenters. The van der Waals surface area contributed by atoms with E-state index in [1.807, 2.05) is 0 Å². The third kappa shape index (κ3) is 3.61. The lowest BCUT2D eigenvalue weighted by molar-refractivity contribution is 0.216. The standard InChI is InChI=1S/C11H23N3S/c1-4-6-8-11(3)12-10(15)14(13-11)9-7-5-2/h13H,4-9H2,1-3H3,(H,12,15)/t11-/m1/s1. The molecule has 0 saturated carbocycles. The Morgan fingerprint density at radius 2 is 1.93 bits per heavy atom. The molecule has 1 saturated heterocycles. The Hall–Kier alpha value is -0.350. The van der Waals surface area contributed by atoms with Crippen molar-refractivity contribution >= 4 is 17.3 Å². The second-order valence-electron chi connectivity index (χ2n) is 4.48. The smallest absolute Gasteiger partial charge is 0.185 e. The summed E-state index contributed by atoms with van der Waals surface area (Å²) >= 11 is 5.31. The molecule has 1 rings (SSSR count). The fourth-order valence-corrected chi connectivity index (χ4v) is 2.16. The van der Waals surface area contributed by atoms with Crippen LogP contribution in [0.5, 0.6) is 0 Å². The van der Waals surface area contributed by atoms with Gasteiger partial charge in [0.05, 0.1) is 0 Å². The topological polar surface area (TPSA) is 27.3 Å². The van der Waals surface area contributed by atoms with Gasteiger partial charge < -0.3 is 5.32 Å². The maximum Gasteiger partial charge on any atom is 0.185 e. The minimum Gasteiger partial charge on any atom is -0.342 e. The van der Waals surface area contributed by atoms with E-state index in [0.29, 0.717) is 0 Å². The Bertz CT molecular complexity index is 220. The SMILES string of the molecule is CCCCN1N[C@](C)(CCCC)NC1=S. The molecule has 0 aromatic rings. The van der Waals surface area contributed by atoms with E-state index in [2.05, 4.69) is 36.5 Å². The monoisotopic (exact) mass is 229 g/mol. The summed E-state index contributed by atoms with van der Waals surface area (Å²) in [5.41, 5.74) is 3.44. The van der Waals surface area contributed by atoms with E-state index >= 15 is 0 Å². The zero-order chi connectivity index (χ0) is 11.3. The van der Waals surface area contributed by atoms with Gasteiger partial charge in [-0.2, -0.15) is 0 Å². The highest BCUT2D eigenvalue weighted by molar-refractivity contribution is 7.80. The van der Waals surface area contributed by atoms with E-state index in [0.717, 1.165) is 18.1 Å². The molecule has 0 amide bonds. The molecular formula is C11H23N3S. The zero-order valence-electron chi connectivity index (χ0n) is 10.1. The molecule has 1 aliphatic rings. The number of hydrogen-bond acceptors (Lipinski definition) is 2. The van der Waals surface area contributed by atoms with Crippen molar-refractivity contribution in [2.24, 2.45) is 0 Å². The first-order valence-corrected chi connectivity index (χ1v) is 6.39. The lowest BCUT2D eigenvalue weighted by Crippen LogP contribution is -2.48. The van der Waals surface area contributed by atoms with Crippen molar-refractivity contribution < 1.29 is 0 Å². The normalized spacial score (nSPS) is 25.8. The molecule has 1 heterocycles. The lowest BCUT2D eigenvalue weighted by atomic mass is 10.1. The second-order valence-corrected chi connectivity index (χ2v) is 4.87. The summed E-state index contributed by atoms with van der Waals surface area (Å²) in [5.74, 6) is 0. The number of hydrogen-bond donors (Lipinski definition) is 2. The van der Waals surface area contributed by atoms with Gasteiger partial charge in [-0.25, -0.2) is 5.43 Å². The highest BCUT2D eigenvalue weighted by atomic mass is 32.1. The fraction of sp³-hybridized carbons (Fsp3) is 0.909. The second kappa shape index (κ2) is 5.66. The molecule has 0 aromatic heterocycles. The Labute approximate surface area is 98.6 Å². The quantitative estimate of drug-likeness (QED) is 0.684. The predicted molar refractivity (Wildman–Crippen MR) is 68.4 cm³/mol. The van der Waals surface area contributed by atoms with Gasteiger partial charge in [0.1, 0.15) is 5.66 Å². The summed E-state index contributed by atoms with van der Waals surface area (Å²) in [4.78, 5) is 0. The average molecular weight is 229 g/mol. The molecule has 0 aliphatic carbocycles. The number of nitrogens with zero attached hydrogens (tertiary/aromatic N) is 1. The van der Waals surface area contributed by atoms with Gasteiger partial charge in [0, 0.05) is 6.54 Å². The van der Waals surface area contributed by atoms with E-state index in [-0.39, 0.29) is 5.66 Å². The van der Waals surface area contributed by atoms with Crippen LogP contribution < -0.4 is 10.7 Å². The van der Waals surface area contributed by atoms with Gasteiger partial charge in [-0.15, -0.1) is 0 Å². The van der Waals surface area contributed by atoms with Gasteiger partial charge in [-0.05, 0) is 38.4 Å². The van der Waals surface area contributed by atoms with Crippen molar-refractivity contribution in [1.29, 1.82) is 0 Å². The largest absolute Gasteiger partial charge is 0.342 e. The summed E-state index contributed by atoms with van der Waals surface area (Å²) in [6, 6.07) is 0. The van der Waals surface area contributed by atoms with E-state index in [4.69, 9.17) is 12.2 Å². The van der Waals surface area contributed by atoms with E-state index in [1.54, 1.807) is 0 Å². The maximum absolute atomic E-state index is 5.31. The molecule has 1 aliphatic heterocycles. The summed E-state index contributed by atoms with van der Waals surface area (Å²) in [6.45, 7) is 7.60. The molecule has 2 N–H and O–H groups in total. The predicted octanol–water partition coefficient (Wildman–Crippen LogP) is 2.39. The van der Waals surface area contributed by atoms with Gasteiger partial charge in [0.2, 0.25) is 0 Å². The minimum absolute atomic E-state index is 0.0269. The van der Waals surface area contributed by atoms with Crippen LogP contribution in [0, 0.1) is 0 Å². The molecular weight excluding hydrogens is 206 g/mol. The summed E-state index contributed by atoms with van der Waals surface area (Å²) < 4.78 is 0. The molecule has 0 radical (unpaired) electrons. The molecule has 4 heteroatoms. The van der Waals surface area contributed by atoms with Gasteiger partial charge in [-0.1, -0.05) is 26.7 Å². The van der Waals surface area contributed by atoms with Crippen LogP contribution >= 0.6 is 12.2 Å². The van der Waals surface area contributed by atoms with Crippen LogP contribution in [0.25, 0.3) is 0 Å². The highest BCUT2D eigenvalue weighted by Gasteiger charge is 2.34. The Morgan fingerprint density at radius 1 is 1.27 bits per heavy atom. The molecule has 0 aromatic carbocycles. The van der Waals surface area contributed by atoms with Crippen LogP contribution in [0.15, 0.2) is 0 Å². The molecule has 0 spiro atoms. The van der Waals surface area contributed by atoms with Crippen LogP contribution in [0.3, 0.4) is 0 Å². The van der Waals surface area contributed by atoms with E-state index in [1.165, 1.54) is 25.7 Å². The molecule has 3 nitrogen and oxygen atoms in total. The van der Waals surface area contributed by atoms with Crippen molar-refractivity contribution in [2.75, 3.05) is 6.54 Å². The first-order valence-electron chi connectivity index (χ1n) is 5.99. The summed E-state index contributed by atoms with van der Waals surface area (Å²) in [5, 5.41) is 6.30. The van der Waals surface area contributed by atoms with Gasteiger partial charge in [0.15, 0.2) is 5.11 Å². The molecule has 88 valence electrons. The average Bonchev–Trinajstić information content (AvgIpc) is 2.49. The number of unbranched alkanes of at least 4 members (excludes halogenated alkanes) is 2. The third-order valence-electron chi connectivity index (χ3n) is 2.78. The van der Waals surface area contributed by atoms with Crippen LogP contribution in [0.4, 0.5) is 0 Å². The van der Waals surface area contributed by atoms with Crippen molar-refractivity contribution in [3.8, 4) is 0 Å². The summed E-state index contributed by atoms with van der Waals surface area (Å²) in [6.07, 6.45) is 5.94. The summed E-state index contributed by atoms with van der Waals surface area (Å²) in [7, 11) is 0. The van der Waals surface area contributed by atoms with Gasteiger partial charge in [-0.3, -0.25) is 5.01 Å². The fourth-order valence-electron chi connectivity index (χ4n) is 1.80. The number of thiocarbonyl (C=S) groups is 1. The number of rotatable bonds is 6. The number of nitrogens with one attached hydrogen (secondary N) is 2. The Kier molecular flexibility index (Phi) is 4.80. The van der Waals surface area contributed by atoms with Crippen molar-refractivity contribution in [2.45, 2.75) is 58.5 Å². The first-order chi connectivity index (χ1) is 7.11. The van der Waals surface area contributed by atoms with Gasteiger partial charge >= 0.3 is 0 Å². The Morgan fingerprint density at radius 3 is 2.53 bits per heavy atom. The van der Waals surface area contributed by atoms with Crippen molar-refractivity contribution in [3.63, 3.8) is 0 Å². The van der Waals surface area contributed by atoms with Crippen LogP contribution in [0.1, 0.15) is 52.9 Å². The molecule has 0 unspecified atom stereocenters. The van der Waals surface area contributed by atoms with Crippen LogP contribution in [-0.2, 0) is 0 Å². The van der Waals surface area contributed by atoms with Crippen molar-refractivity contribution in [3.05, 3.63) is 0 Å². The van der Waals surface area contributed by atoms with Crippen LogP contribution in [-0.4, -0.2) is 22.3 Å². The first kappa shape index (κ1) is 12.7. The lowest BCUT2D eigenvalue weighted by Gasteiger charge is -2.25. The maximum atomic E-state index is 5.31. The third-order valence-corrected chi connectivity index (χ3v) is 3.10. The molecule has 0 bridgehead atoms.